The van der Waals surface area contributed by atoms with E-state index < -0.39 is 0 Å². The fourth-order valence-corrected chi connectivity index (χ4v) is 3.28. The first-order chi connectivity index (χ1) is 12.4. The zero-order valence-corrected chi connectivity index (χ0v) is 20.5. The molecule has 6 nitrogen and oxygen atoms in total. The first kappa shape index (κ1) is 26.2. The molecule has 0 aliphatic rings. The third-order valence-electron chi connectivity index (χ3n) is 4.85. The van der Waals surface area contributed by atoms with Gasteiger partial charge in [0.1, 0.15) is 0 Å². The Bertz CT molecular complexity index is 518. The van der Waals surface area contributed by atoms with E-state index in [9.17, 15) is 0 Å². The Hall–Kier alpha value is -0.830. The van der Waals surface area contributed by atoms with E-state index in [0.717, 1.165) is 49.8 Å². The molecule has 0 radical (unpaired) electrons. The number of hydrogen-bond donors (Lipinski definition) is 2. The molecule has 0 saturated heterocycles. The number of aliphatic imine (C=N–C) groups is 1. The van der Waals surface area contributed by atoms with Crippen LogP contribution in [-0.4, -0.2) is 48.2 Å². The first-order valence-corrected chi connectivity index (χ1v) is 10.1. The molecular formula is C20H40IN5O. The third-order valence-corrected chi connectivity index (χ3v) is 4.85. The zero-order valence-electron chi connectivity index (χ0n) is 18.2. The van der Waals surface area contributed by atoms with Crippen LogP contribution in [-0.2, 0) is 6.54 Å². The highest BCUT2D eigenvalue weighted by Gasteiger charge is 2.14. The maximum atomic E-state index is 5.45. The van der Waals surface area contributed by atoms with Crippen molar-refractivity contribution in [1.82, 2.24) is 20.7 Å². The molecule has 0 unspecified atom stereocenters. The van der Waals surface area contributed by atoms with E-state index >= 15 is 0 Å². The van der Waals surface area contributed by atoms with Crippen molar-refractivity contribution in [3.05, 3.63) is 17.5 Å². The number of aromatic nitrogens is 1. The average Bonchev–Trinajstić information content (AvgIpc) is 3.06. The van der Waals surface area contributed by atoms with E-state index in [2.05, 4.69) is 73.3 Å². The maximum absolute atomic E-state index is 5.45. The van der Waals surface area contributed by atoms with E-state index in [1.165, 1.54) is 0 Å². The summed E-state index contributed by atoms with van der Waals surface area (Å²) in [7, 11) is 1.79. The lowest BCUT2D eigenvalue weighted by Gasteiger charge is -2.30. The quantitative estimate of drug-likeness (QED) is 0.208. The lowest BCUT2D eigenvalue weighted by Crippen LogP contribution is -2.41. The first-order valence-electron chi connectivity index (χ1n) is 10.1. The predicted molar refractivity (Wildman–Crippen MR) is 125 cm³/mol. The van der Waals surface area contributed by atoms with Crippen molar-refractivity contribution >= 4 is 29.9 Å². The predicted octanol–water partition coefficient (Wildman–Crippen LogP) is 4.37. The molecule has 158 valence electrons. The van der Waals surface area contributed by atoms with Crippen LogP contribution in [0.1, 0.15) is 78.2 Å². The van der Waals surface area contributed by atoms with Crippen molar-refractivity contribution in [2.24, 2.45) is 4.99 Å². The van der Waals surface area contributed by atoms with Crippen LogP contribution in [0.4, 0.5) is 0 Å². The van der Waals surface area contributed by atoms with Crippen molar-refractivity contribution in [3.8, 4) is 0 Å². The Labute approximate surface area is 182 Å². The highest BCUT2D eigenvalue weighted by molar-refractivity contribution is 14.0. The number of rotatable bonds is 11. The van der Waals surface area contributed by atoms with Crippen molar-refractivity contribution in [2.45, 2.75) is 85.4 Å². The number of nitrogens with zero attached hydrogens (tertiary/aromatic N) is 3. The van der Waals surface area contributed by atoms with Crippen molar-refractivity contribution in [1.29, 1.82) is 0 Å². The molecule has 0 aliphatic heterocycles. The summed E-state index contributed by atoms with van der Waals surface area (Å²) in [6, 6.07) is 3.20. The highest BCUT2D eigenvalue weighted by atomic mass is 127. The number of nitrogens with one attached hydrogen (secondary N) is 2. The minimum atomic E-state index is 0. The smallest absolute Gasteiger partial charge is 0.191 e. The molecule has 0 atom stereocenters. The molecule has 0 saturated carbocycles. The molecule has 0 bridgehead atoms. The van der Waals surface area contributed by atoms with Gasteiger partial charge in [0.2, 0.25) is 0 Å². The van der Waals surface area contributed by atoms with Gasteiger partial charge < -0.3 is 15.2 Å². The normalized spacial score (nSPS) is 12.2. The summed E-state index contributed by atoms with van der Waals surface area (Å²) >= 11 is 0. The van der Waals surface area contributed by atoms with E-state index in [4.69, 9.17) is 4.52 Å². The number of guanidine groups is 1. The van der Waals surface area contributed by atoms with Crippen LogP contribution in [0, 0.1) is 0 Å². The van der Waals surface area contributed by atoms with Crippen LogP contribution >= 0.6 is 24.0 Å². The highest BCUT2D eigenvalue weighted by Crippen LogP contribution is 2.22. The Morgan fingerprint density at radius 1 is 1.15 bits per heavy atom. The fraction of sp³-hybridized carbons (Fsp3) is 0.800. The Balaban J connectivity index is 0.00000676. The summed E-state index contributed by atoms with van der Waals surface area (Å²) in [6.45, 7) is 15.9. The second kappa shape index (κ2) is 14.2. The number of halogens is 1. The van der Waals surface area contributed by atoms with Crippen molar-refractivity contribution < 1.29 is 4.52 Å². The van der Waals surface area contributed by atoms with Crippen LogP contribution in [0.5, 0.6) is 0 Å². The van der Waals surface area contributed by atoms with Gasteiger partial charge in [-0.3, -0.25) is 9.89 Å². The molecule has 0 aliphatic carbocycles. The van der Waals surface area contributed by atoms with Crippen LogP contribution in [0.15, 0.2) is 15.6 Å². The summed E-state index contributed by atoms with van der Waals surface area (Å²) < 4.78 is 5.45. The molecular weight excluding hydrogens is 453 g/mol. The Morgan fingerprint density at radius 2 is 1.78 bits per heavy atom. The molecule has 0 aromatic carbocycles. The number of hydrogen-bond acceptors (Lipinski definition) is 4. The largest absolute Gasteiger partial charge is 0.359 e. The molecule has 1 rings (SSSR count). The van der Waals surface area contributed by atoms with Crippen LogP contribution in [0.3, 0.4) is 0 Å². The van der Waals surface area contributed by atoms with Gasteiger partial charge in [-0.15, -0.1) is 24.0 Å². The summed E-state index contributed by atoms with van der Waals surface area (Å²) in [5.74, 6) is 2.13. The molecule has 7 heteroatoms. The molecule has 1 aromatic rings. The third kappa shape index (κ3) is 9.27. The maximum Gasteiger partial charge on any atom is 0.191 e. The monoisotopic (exact) mass is 493 g/mol. The lowest BCUT2D eigenvalue weighted by atomic mass is 9.99. The molecule has 0 fully saturated rings. The Kier molecular flexibility index (Phi) is 13.8. The molecule has 27 heavy (non-hydrogen) atoms. The summed E-state index contributed by atoms with van der Waals surface area (Å²) in [5, 5.41) is 10.9. The SMILES string of the molecule is CCC(CC)c1cc(CNC(=NC)NCCCN(C(C)C)C(C)C)on1.I. The summed E-state index contributed by atoms with van der Waals surface area (Å²) in [6.07, 6.45) is 3.25. The second-order valence-corrected chi connectivity index (χ2v) is 7.36. The fourth-order valence-electron chi connectivity index (χ4n) is 3.28. The van der Waals surface area contributed by atoms with E-state index in [1.807, 2.05) is 0 Å². The average molecular weight is 493 g/mol. The van der Waals surface area contributed by atoms with Gasteiger partial charge in [-0.1, -0.05) is 19.0 Å². The van der Waals surface area contributed by atoms with Gasteiger partial charge in [-0.25, -0.2) is 0 Å². The topological polar surface area (TPSA) is 65.7 Å². The summed E-state index contributed by atoms with van der Waals surface area (Å²) in [4.78, 5) is 6.79. The zero-order chi connectivity index (χ0) is 19.5. The standard InChI is InChI=1S/C20H39N5O.HI/c1-8-17(9-2)19-13-18(26-24-19)14-23-20(21-7)22-11-10-12-25(15(3)4)16(5)6;/h13,15-17H,8-12,14H2,1-7H3,(H2,21,22,23);1H. The molecule has 1 heterocycles. The van der Waals surface area contributed by atoms with E-state index in [0.29, 0.717) is 24.5 Å². The van der Waals surface area contributed by atoms with Gasteiger partial charge in [0, 0.05) is 44.2 Å². The van der Waals surface area contributed by atoms with Gasteiger partial charge in [-0.05, 0) is 47.0 Å². The Morgan fingerprint density at radius 3 is 2.30 bits per heavy atom. The van der Waals surface area contributed by atoms with Gasteiger partial charge in [-0.2, -0.15) is 0 Å². The minimum Gasteiger partial charge on any atom is -0.359 e. The lowest BCUT2D eigenvalue weighted by molar-refractivity contribution is 0.173. The van der Waals surface area contributed by atoms with Gasteiger partial charge in [0.05, 0.1) is 12.2 Å². The van der Waals surface area contributed by atoms with E-state index in [-0.39, 0.29) is 24.0 Å². The van der Waals surface area contributed by atoms with Gasteiger partial charge >= 0.3 is 0 Å². The van der Waals surface area contributed by atoms with Crippen molar-refractivity contribution in [2.75, 3.05) is 20.1 Å². The molecule has 2 N–H and O–H groups in total. The molecule has 1 aromatic heterocycles. The van der Waals surface area contributed by atoms with Gasteiger partial charge in [0.15, 0.2) is 11.7 Å². The van der Waals surface area contributed by atoms with Crippen LogP contribution in [0.25, 0.3) is 0 Å². The van der Waals surface area contributed by atoms with Crippen LogP contribution < -0.4 is 10.6 Å². The molecule has 0 amide bonds. The van der Waals surface area contributed by atoms with E-state index in [1.54, 1.807) is 7.05 Å². The molecule has 0 spiro atoms. The summed E-state index contributed by atoms with van der Waals surface area (Å²) in [5.41, 5.74) is 1.05. The second-order valence-electron chi connectivity index (χ2n) is 7.36. The van der Waals surface area contributed by atoms with Gasteiger partial charge in [0.25, 0.3) is 0 Å². The minimum absolute atomic E-state index is 0. The van der Waals surface area contributed by atoms with Crippen LogP contribution in [0.2, 0.25) is 0 Å². The van der Waals surface area contributed by atoms with Crippen molar-refractivity contribution in [3.63, 3.8) is 0 Å².